The van der Waals surface area contributed by atoms with Gasteiger partial charge in [-0.2, -0.15) is 0 Å². The molecule has 3 aliphatic heterocycles. The van der Waals surface area contributed by atoms with Gasteiger partial charge in [-0.3, -0.25) is 14.4 Å². The Morgan fingerprint density at radius 1 is 1.39 bits per heavy atom. The summed E-state index contributed by atoms with van der Waals surface area (Å²) in [6, 6.07) is 0.386. The van der Waals surface area contributed by atoms with E-state index in [4.69, 9.17) is 4.74 Å². The lowest BCUT2D eigenvalue weighted by atomic mass is 9.75. The first-order valence-electron chi connectivity index (χ1n) is 10.7. The maximum absolute atomic E-state index is 12.5. The van der Waals surface area contributed by atoms with Gasteiger partial charge in [0.1, 0.15) is 11.3 Å². The molecule has 1 aromatic heterocycles. The van der Waals surface area contributed by atoms with E-state index in [0.717, 1.165) is 63.9 Å². The van der Waals surface area contributed by atoms with E-state index in [1.165, 1.54) is 6.42 Å². The number of rotatable bonds is 7. The van der Waals surface area contributed by atoms with Crippen molar-refractivity contribution in [3.63, 3.8) is 0 Å². The largest absolute Gasteiger partial charge is 0.383 e. The van der Waals surface area contributed by atoms with Crippen LogP contribution >= 0.6 is 0 Å². The van der Waals surface area contributed by atoms with Gasteiger partial charge in [0.05, 0.1) is 25.3 Å². The third kappa shape index (κ3) is 4.09. The van der Waals surface area contributed by atoms with Crippen LogP contribution in [-0.2, 0) is 21.7 Å². The lowest BCUT2D eigenvalue weighted by molar-refractivity contribution is -0.133. The van der Waals surface area contributed by atoms with E-state index in [2.05, 4.69) is 20.5 Å². The molecule has 1 amide bonds. The molecule has 8 nitrogen and oxygen atoms in total. The molecule has 4 atom stereocenters. The average Bonchev–Trinajstić information content (AvgIpc) is 3.19. The van der Waals surface area contributed by atoms with Crippen molar-refractivity contribution in [2.45, 2.75) is 63.1 Å². The van der Waals surface area contributed by atoms with Gasteiger partial charge in [0.15, 0.2) is 0 Å². The van der Waals surface area contributed by atoms with Crippen molar-refractivity contribution < 1.29 is 14.6 Å². The Kier molecular flexibility index (Phi) is 5.99. The highest BCUT2D eigenvalue weighted by Gasteiger charge is 2.43. The third-order valence-electron chi connectivity index (χ3n) is 6.91. The molecule has 4 fully saturated rings. The molecular weight excluding hydrogens is 358 g/mol. The highest BCUT2D eigenvalue weighted by atomic mass is 16.5. The molecule has 8 heteroatoms. The smallest absolute Gasteiger partial charge is 0.224 e. The Balaban J connectivity index is 1.34. The average molecular weight is 392 g/mol. The lowest BCUT2D eigenvalue weighted by Crippen LogP contribution is -2.58. The molecule has 28 heavy (non-hydrogen) atoms. The Hall–Kier alpha value is -1.51. The van der Waals surface area contributed by atoms with Crippen LogP contribution in [-0.4, -0.2) is 70.3 Å². The molecule has 0 radical (unpaired) electrons. The number of amides is 1. The van der Waals surface area contributed by atoms with Crippen LogP contribution in [0.3, 0.4) is 0 Å². The number of ether oxygens (including phenoxy) is 1. The minimum atomic E-state index is -0.798. The van der Waals surface area contributed by atoms with Crippen LogP contribution in [0.1, 0.15) is 50.6 Å². The molecule has 1 unspecified atom stereocenters. The molecule has 3 saturated heterocycles. The second-order valence-corrected chi connectivity index (χ2v) is 8.74. The maximum atomic E-state index is 12.5. The summed E-state index contributed by atoms with van der Waals surface area (Å²) in [6.07, 6.45) is 8.89. The SMILES string of the molecule is COCCNC(=O)[C@@H]1CN2CC[C@@H]1C[C@@H]2Cn1cc(C2(O)CCCCC2)nn1. The highest BCUT2D eigenvalue weighted by Crippen LogP contribution is 2.38. The molecule has 1 saturated carbocycles. The number of hydrogen-bond donors (Lipinski definition) is 2. The second-order valence-electron chi connectivity index (χ2n) is 8.74. The zero-order valence-electron chi connectivity index (χ0n) is 16.8. The molecule has 1 aromatic rings. The molecule has 5 rings (SSSR count). The number of carbonyl (C=O) groups excluding carboxylic acids is 1. The van der Waals surface area contributed by atoms with Gasteiger partial charge in [-0.15, -0.1) is 5.10 Å². The minimum absolute atomic E-state index is 0.0797. The fourth-order valence-electron chi connectivity index (χ4n) is 5.24. The van der Waals surface area contributed by atoms with Crippen LogP contribution in [0.25, 0.3) is 0 Å². The van der Waals surface area contributed by atoms with Crippen LogP contribution in [0.15, 0.2) is 6.20 Å². The summed E-state index contributed by atoms with van der Waals surface area (Å²) in [5, 5.41) is 22.5. The van der Waals surface area contributed by atoms with Gasteiger partial charge < -0.3 is 15.2 Å². The lowest BCUT2D eigenvalue weighted by Gasteiger charge is -2.49. The van der Waals surface area contributed by atoms with Gasteiger partial charge in [-0.1, -0.05) is 24.5 Å². The van der Waals surface area contributed by atoms with Crippen molar-refractivity contribution in [1.29, 1.82) is 0 Å². The number of piperidine rings is 3. The quantitative estimate of drug-likeness (QED) is 0.671. The molecule has 0 spiro atoms. The molecule has 4 heterocycles. The molecule has 4 aliphatic rings. The zero-order chi connectivity index (χ0) is 19.6. The van der Waals surface area contributed by atoms with Crippen molar-refractivity contribution in [1.82, 2.24) is 25.2 Å². The summed E-state index contributed by atoms with van der Waals surface area (Å²) in [5.41, 5.74) is -0.0770. The summed E-state index contributed by atoms with van der Waals surface area (Å²) in [5.74, 6) is 0.673. The van der Waals surface area contributed by atoms with E-state index < -0.39 is 5.60 Å². The van der Waals surface area contributed by atoms with E-state index in [0.29, 0.717) is 25.1 Å². The van der Waals surface area contributed by atoms with Gasteiger partial charge in [-0.25, -0.2) is 0 Å². The molecular formula is C20H33N5O3. The van der Waals surface area contributed by atoms with E-state index in [9.17, 15) is 9.90 Å². The first-order valence-corrected chi connectivity index (χ1v) is 10.7. The standard InChI is InChI=1S/C20H33N5O3/c1-28-10-8-21-19(26)17-13-24-9-5-15(17)11-16(24)12-25-14-18(22-23-25)20(27)6-3-2-4-7-20/h14-17,27H,2-13H2,1H3,(H,21,26)/t15-,16-,17-/m1/s1. The molecule has 2 N–H and O–H groups in total. The fraction of sp³-hybridized carbons (Fsp3) is 0.850. The summed E-state index contributed by atoms with van der Waals surface area (Å²) in [7, 11) is 1.65. The van der Waals surface area contributed by atoms with Crippen molar-refractivity contribution >= 4 is 5.91 Å². The van der Waals surface area contributed by atoms with Crippen LogP contribution < -0.4 is 5.32 Å². The third-order valence-corrected chi connectivity index (χ3v) is 6.91. The Bertz CT molecular complexity index is 673. The second kappa shape index (κ2) is 8.47. The Morgan fingerprint density at radius 2 is 2.21 bits per heavy atom. The number of hydrogen-bond acceptors (Lipinski definition) is 6. The summed E-state index contributed by atoms with van der Waals surface area (Å²) in [6.45, 7) is 3.77. The van der Waals surface area contributed by atoms with Gasteiger partial charge in [0.2, 0.25) is 5.91 Å². The molecule has 2 bridgehead atoms. The van der Waals surface area contributed by atoms with Crippen LogP contribution in [0.4, 0.5) is 0 Å². The number of carbonyl (C=O) groups is 1. The number of nitrogens with one attached hydrogen (secondary N) is 1. The van der Waals surface area contributed by atoms with Crippen LogP contribution in [0.5, 0.6) is 0 Å². The summed E-state index contributed by atoms with van der Waals surface area (Å²) < 4.78 is 6.91. The van der Waals surface area contributed by atoms with Crippen LogP contribution in [0, 0.1) is 11.8 Å². The molecule has 156 valence electrons. The van der Waals surface area contributed by atoms with E-state index in [-0.39, 0.29) is 11.8 Å². The maximum Gasteiger partial charge on any atom is 0.224 e. The number of aromatic nitrogens is 3. The Labute approximate surface area is 166 Å². The first-order chi connectivity index (χ1) is 13.6. The van der Waals surface area contributed by atoms with Gasteiger partial charge in [-0.05, 0) is 38.1 Å². The monoisotopic (exact) mass is 391 g/mol. The number of methoxy groups -OCH3 is 1. The fourth-order valence-corrected chi connectivity index (χ4v) is 5.24. The first kappa shape index (κ1) is 19.8. The van der Waals surface area contributed by atoms with Gasteiger partial charge in [0, 0.05) is 26.2 Å². The van der Waals surface area contributed by atoms with E-state index >= 15 is 0 Å². The number of fused-ring (bicyclic) bond motifs is 3. The van der Waals surface area contributed by atoms with Crippen LogP contribution in [0.2, 0.25) is 0 Å². The predicted octanol–water partition coefficient (Wildman–Crippen LogP) is 0.903. The number of aliphatic hydroxyl groups is 1. The van der Waals surface area contributed by atoms with E-state index in [1.807, 2.05) is 10.9 Å². The van der Waals surface area contributed by atoms with E-state index in [1.54, 1.807) is 7.11 Å². The van der Waals surface area contributed by atoms with Crippen molar-refractivity contribution in [2.24, 2.45) is 11.8 Å². The molecule has 1 aliphatic carbocycles. The predicted molar refractivity (Wildman–Crippen MR) is 103 cm³/mol. The normalized spacial score (nSPS) is 31.6. The summed E-state index contributed by atoms with van der Waals surface area (Å²) in [4.78, 5) is 14.9. The Morgan fingerprint density at radius 3 is 2.93 bits per heavy atom. The van der Waals surface area contributed by atoms with Gasteiger partial charge >= 0.3 is 0 Å². The summed E-state index contributed by atoms with van der Waals surface area (Å²) >= 11 is 0. The van der Waals surface area contributed by atoms with Crippen molar-refractivity contribution in [3.8, 4) is 0 Å². The topological polar surface area (TPSA) is 92.5 Å². The van der Waals surface area contributed by atoms with Gasteiger partial charge in [0.25, 0.3) is 0 Å². The number of nitrogens with zero attached hydrogens (tertiary/aromatic N) is 4. The van der Waals surface area contributed by atoms with Crippen molar-refractivity contribution in [2.75, 3.05) is 33.4 Å². The highest BCUT2D eigenvalue weighted by molar-refractivity contribution is 5.79. The molecule has 0 aromatic carbocycles. The zero-order valence-corrected chi connectivity index (χ0v) is 16.8. The minimum Gasteiger partial charge on any atom is -0.383 e. The van der Waals surface area contributed by atoms with Crippen molar-refractivity contribution in [3.05, 3.63) is 11.9 Å².